The van der Waals surface area contributed by atoms with Crippen molar-refractivity contribution in [1.29, 1.82) is 5.26 Å². The van der Waals surface area contributed by atoms with Gasteiger partial charge in [0.2, 0.25) is 0 Å². The maximum absolute atomic E-state index is 9.12. The number of hydrogen-bond acceptors (Lipinski definition) is 4. The van der Waals surface area contributed by atoms with E-state index in [1.165, 1.54) is 0 Å². The van der Waals surface area contributed by atoms with Crippen LogP contribution in [0.1, 0.15) is 5.56 Å². The third kappa shape index (κ3) is 5.49. The number of nitrogens with one attached hydrogen (secondary N) is 1. The highest BCUT2D eigenvalue weighted by molar-refractivity contribution is 6.35. The molecule has 6 heteroatoms. The zero-order valence-electron chi connectivity index (χ0n) is 11.3. The molecule has 0 aliphatic carbocycles. The van der Waals surface area contributed by atoms with Crippen LogP contribution in [0.2, 0.25) is 10.0 Å². The van der Waals surface area contributed by atoms with Crippen molar-refractivity contribution in [2.45, 2.75) is 6.29 Å². The summed E-state index contributed by atoms with van der Waals surface area (Å²) in [6.45, 7) is 0.888. The Balaban J connectivity index is 2.66. The number of hydrogen-bond donors (Lipinski definition) is 1. The molecule has 0 aromatic heterocycles. The lowest BCUT2D eigenvalue weighted by Crippen LogP contribution is -2.30. The summed E-state index contributed by atoms with van der Waals surface area (Å²) in [5, 5.41) is 13.3. The van der Waals surface area contributed by atoms with Crippen LogP contribution in [0.3, 0.4) is 0 Å². The summed E-state index contributed by atoms with van der Waals surface area (Å²) in [6, 6.07) is 7.27. The molecular formula is C14H16Cl2N2O2. The zero-order valence-corrected chi connectivity index (χ0v) is 12.8. The molecular weight excluding hydrogens is 299 g/mol. The molecule has 0 aliphatic heterocycles. The summed E-state index contributed by atoms with van der Waals surface area (Å²) in [6.07, 6.45) is 1.38. The van der Waals surface area contributed by atoms with E-state index in [-0.39, 0.29) is 6.29 Å². The Morgan fingerprint density at radius 3 is 2.65 bits per heavy atom. The van der Waals surface area contributed by atoms with Gasteiger partial charge in [0.25, 0.3) is 0 Å². The number of halogens is 2. The molecule has 1 N–H and O–H groups in total. The number of nitrogens with zero attached hydrogens (tertiary/aromatic N) is 1. The molecule has 0 saturated carbocycles. The van der Waals surface area contributed by atoms with Gasteiger partial charge in [-0.15, -0.1) is 0 Å². The molecule has 1 rings (SSSR count). The molecule has 0 aliphatic rings. The molecule has 0 unspecified atom stereocenters. The SMILES string of the molecule is COC(CNC/C(C#N)=C\c1ccc(Cl)cc1Cl)OC. The van der Waals surface area contributed by atoms with Gasteiger partial charge in [-0.25, -0.2) is 0 Å². The molecule has 4 nitrogen and oxygen atoms in total. The summed E-state index contributed by atoms with van der Waals surface area (Å²) in [4.78, 5) is 0. The van der Waals surface area contributed by atoms with Gasteiger partial charge in [0.05, 0.1) is 6.07 Å². The van der Waals surface area contributed by atoms with E-state index >= 15 is 0 Å². The van der Waals surface area contributed by atoms with Crippen LogP contribution in [0, 0.1) is 11.3 Å². The van der Waals surface area contributed by atoms with Crippen LogP contribution in [0.4, 0.5) is 0 Å². The summed E-state index contributed by atoms with van der Waals surface area (Å²) in [5.41, 5.74) is 1.31. The first-order valence-electron chi connectivity index (χ1n) is 5.92. The summed E-state index contributed by atoms with van der Waals surface area (Å²) >= 11 is 11.9. The minimum atomic E-state index is -0.339. The molecule has 1 aromatic rings. The van der Waals surface area contributed by atoms with Gasteiger partial charge in [0.15, 0.2) is 6.29 Å². The smallest absolute Gasteiger partial charge is 0.169 e. The predicted molar refractivity (Wildman–Crippen MR) is 80.7 cm³/mol. The van der Waals surface area contributed by atoms with E-state index in [1.807, 2.05) is 0 Å². The van der Waals surface area contributed by atoms with Gasteiger partial charge in [0.1, 0.15) is 0 Å². The molecule has 20 heavy (non-hydrogen) atoms. The van der Waals surface area contributed by atoms with Crippen molar-refractivity contribution >= 4 is 29.3 Å². The van der Waals surface area contributed by atoms with E-state index < -0.39 is 0 Å². The first kappa shape index (κ1) is 17.0. The topological polar surface area (TPSA) is 54.3 Å². The molecule has 0 atom stereocenters. The molecule has 108 valence electrons. The van der Waals surface area contributed by atoms with Crippen molar-refractivity contribution in [2.75, 3.05) is 27.3 Å². The Morgan fingerprint density at radius 2 is 2.10 bits per heavy atom. The molecule has 0 bridgehead atoms. The quantitative estimate of drug-likeness (QED) is 0.620. The van der Waals surface area contributed by atoms with E-state index in [2.05, 4.69) is 11.4 Å². The van der Waals surface area contributed by atoms with Crippen molar-refractivity contribution in [3.05, 3.63) is 39.4 Å². The summed E-state index contributed by atoms with van der Waals surface area (Å²) in [5.74, 6) is 0. The molecule has 0 saturated heterocycles. The largest absolute Gasteiger partial charge is 0.355 e. The first-order valence-corrected chi connectivity index (χ1v) is 6.68. The molecule has 0 radical (unpaired) electrons. The number of rotatable bonds is 7. The van der Waals surface area contributed by atoms with Crippen LogP contribution in [-0.4, -0.2) is 33.6 Å². The Morgan fingerprint density at radius 1 is 1.40 bits per heavy atom. The second-order valence-corrected chi connectivity index (χ2v) is 4.82. The van der Waals surface area contributed by atoms with Gasteiger partial charge in [-0.05, 0) is 23.8 Å². The number of benzene rings is 1. The average Bonchev–Trinajstić information content (AvgIpc) is 2.44. The lowest BCUT2D eigenvalue weighted by atomic mass is 10.1. The first-order chi connectivity index (χ1) is 9.60. The second kappa shape index (κ2) is 8.96. The Bertz CT molecular complexity index is 508. The normalized spacial score (nSPS) is 11.7. The molecule has 0 spiro atoms. The van der Waals surface area contributed by atoms with Gasteiger partial charge in [-0.2, -0.15) is 5.26 Å². The van der Waals surface area contributed by atoms with Gasteiger partial charge in [0, 0.05) is 42.9 Å². The molecule has 1 aromatic carbocycles. The predicted octanol–water partition coefficient (Wildman–Crippen LogP) is 3.11. The van der Waals surface area contributed by atoms with Crippen LogP contribution in [0.25, 0.3) is 6.08 Å². The third-order valence-electron chi connectivity index (χ3n) is 2.59. The Labute approximate surface area is 128 Å². The van der Waals surface area contributed by atoms with Crippen LogP contribution in [0.5, 0.6) is 0 Å². The second-order valence-electron chi connectivity index (χ2n) is 3.98. The van der Waals surface area contributed by atoms with Gasteiger partial charge in [-0.1, -0.05) is 29.3 Å². The highest BCUT2D eigenvalue weighted by atomic mass is 35.5. The fraction of sp³-hybridized carbons (Fsp3) is 0.357. The van der Waals surface area contributed by atoms with E-state index in [4.69, 9.17) is 37.9 Å². The monoisotopic (exact) mass is 314 g/mol. The Hall–Kier alpha value is -1.09. The number of ether oxygens (including phenoxy) is 2. The lowest BCUT2D eigenvalue weighted by Gasteiger charge is -2.13. The molecule has 0 amide bonds. The lowest BCUT2D eigenvalue weighted by molar-refractivity contribution is -0.0983. The van der Waals surface area contributed by atoms with E-state index in [0.29, 0.717) is 28.7 Å². The zero-order chi connectivity index (χ0) is 15.0. The van der Waals surface area contributed by atoms with Crippen molar-refractivity contribution < 1.29 is 9.47 Å². The van der Waals surface area contributed by atoms with Crippen LogP contribution in [0.15, 0.2) is 23.8 Å². The highest BCUT2D eigenvalue weighted by Gasteiger charge is 2.05. The van der Waals surface area contributed by atoms with E-state index in [0.717, 1.165) is 5.56 Å². The fourth-order valence-electron chi connectivity index (χ4n) is 1.52. The van der Waals surface area contributed by atoms with Gasteiger partial charge in [-0.3, -0.25) is 0 Å². The van der Waals surface area contributed by atoms with Crippen LogP contribution >= 0.6 is 23.2 Å². The minimum absolute atomic E-state index is 0.339. The van der Waals surface area contributed by atoms with Crippen molar-refractivity contribution in [2.24, 2.45) is 0 Å². The van der Waals surface area contributed by atoms with Gasteiger partial charge < -0.3 is 14.8 Å². The van der Waals surface area contributed by atoms with Crippen molar-refractivity contribution in [1.82, 2.24) is 5.32 Å². The number of nitriles is 1. The van der Waals surface area contributed by atoms with E-state index in [1.54, 1.807) is 38.5 Å². The maximum Gasteiger partial charge on any atom is 0.169 e. The van der Waals surface area contributed by atoms with Gasteiger partial charge >= 0.3 is 0 Å². The minimum Gasteiger partial charge on any atom is -0.355 e. The summed E-state index contributed by atoms with van der Waals surface area (Å²) in [7, 11) is 3.12. The van der Waals surface area contributed by atoms with Crippen molar-refractivity contribution in [3.63, 3.8) is 0 Å². The maximum atomic E-state index is 9.12. The number of methoxy groups -OCH3 is 2. The standard InChI is InChI=1S/C14H16Cl2N2O2/c1-19-14(20-2)9-18-8-10(7-17)5-11-3-4-12(15)6-13(11)16/h3-6,14,18H,8-9H2,1-2H3/b10-5-. The molecule has 0 fully saturated rings. The van der Waals surface area contributed by atoms with Crippen LogP contribution in [-0.2, 0) is 9.47 Å². The average molecular weight is 315 g/mol. The van der Waals surface area contributed by atoms with Crippen LogP contribution < -0.4 is 5.32 Å². The molecule has 0 heterocycles. The third-order valence-corrected chi connectivity index (χ3v) is 3.15. The van der Waals surface area contributed by atoms with E-state index in [9.17, 15) is 0 Å². The van der Waals surface area contributed by atoms with Crippen molar-refractivity contribution in [3.8, 4) is 6.07 Å². The summed E-state index contributed by atoms with van der Waals surface area (Å²) < 4.78 is 10.1. The Kier molecular flexibility index (Phi) is 7.60. The highest BCUT2D eigenvalue weighted by Crippen LogP contribution is 2.22. The fourth-order valence-corrected chi connectivity index (χ4v) is 1.98.